The number of thioether (sulfide) groups is 1. The minimum absolute atomic E-state index is 0.890. The van der Waals surface area contributed by atoms with Gasteiger partial charge in [0.2, 0.25) is 0 Å². The number of hydrogen-bond acceptors (Lipinski definition) is 3. The monoisotopic (exact) mass is 152 g/mol. The molecule has 0 atom stereocenters. The van der Waals surface area contributed by atoms with Gasteiger partial charge in [0.15, 0.2) is 0 Å². The molecule has 0 aromatic carbocycles. The third-order valence-electron chi connectivity index (χ3n) is 1.57. The van der Waals surface area contributed by atoms with E-state index in [0.29, 0.717) is 0 Å². The Morgan fingerprint density at radius 3 is 3.30 bits per heavy atom. The molecule has 0 saturated carbocycles. The number of fused-ring (bicyclic) bond motifs is 1. The first-order valence-electron chi connectivity index (χ1n) is 3.25. The normalized spacial score (nSPS) is 15.3. The molecule has 3 heteroatoms. The van der Waals surface area contributed by atoms with E-state index in [1.54, 1.807) is 0 Å². The van der Waals surface area contributed by atoms with E-state index in [1.165, 1.54) is 11.3 Å². The number of rotatable bonds is 0. The van der Waals surface area contributed by atoms with Crippen LogP contribution in [-0.2, 0) is 11.5 Å². The van der Waals surface area contributed by atoms with Crippen LogP contribution in [0.2, 0.25) is 0 Å². The SMILES string of the molecule is Cc1ncc2c(n1)CSC2. The molecule has 0 spiro atoms. The molecule has 0 amide bonds. The van der Waals surface area contributed by atoms with Crippen molar-refractivity contribution >= 4 is 11.8 Å². The lowest BCUT2D eigenvalue weighted by atomic mass is 10.3. The number of nitrogens with zero attached hydrogens (tertiary/aromatic N) is 2. The summed E-state index contributed by atoms with van der Waals surface area (Å²) in [5, 5.41) is 0. The van der Waals surface area contributed by atoms with Gasteiger partial charge in [0, 0.05) is 23.3 Å². The first kappa shape index (κ1) is 6.16. The minimum Gasteiger partial charge on any atom is -0.241 e. The molecule has 0 bridgehead atoms. The molecule has 1 aromatic heterocycles. The van der Waals surface area contributed by atoms with E-state index in [0.717, 1.165) is 17.3 Å². The zero-order valence-electron chi connectivity index (χ0n) is 5.79. The fourth-order valence-electron chi connectivity index (χ4n) is 1.05. The van der Waals surface area contributed by atoms with Gasteiger partial charge in [-0.15, -0.1) is 0 Å². The van der Waals surface area contributed by atoms with Gasteiger partial charge < -0.3 is 0 Å². The lowest BCUT2D eigenvalue weighted by Gasteiger charge is -1.95. The van der Waals surface area contributed by atoms with Crippen LogP contribution < -0.4 is 0 Å². The van der Waals surface area contributed by atoms with Crippen molar-refractivity contribution in [3.8, 4) is 0 Å². The Hall–Kier alpha value is -0.570. The maximum Gasteiger partial charge on any atom is 0.125 e. The predicted molar refractivity (Wildman–Crippen MR) is 41.8 cm³/mol. The van der Waals surface area contributed by atoms with Crippen LogP contribution in [0.4, 0.5) is 0 Å². The van der Waals surface area contributed by atoms with Crippen LogP contribution in [0.15, 0.2) is 6.20 Å². The van der Waals surface area contributed by atoms with Crippen molar-refractivity contribution in [1.29, 1.82) is 0 Å². The van der Waals surface area contributed by atoms with Crippen LogP contribution in [0.3, 0.4) is 0 Å². The standard InChI is InChI=1S/C7H8N2S/c1-5-8-2-6-3-10-4-7(6)9-5/h2H,3-4H2,1H3. The summed E-state index contributed by atoms with van der Waals surface area (Å²) in [6, 6.07) is 0. The molecule has 0 saturated heterocycles. The summed E-state index contributed by atoms with van der Waals surface area (Å²) in [6.45, 7) is 1.93. The highest BCUT2D eigenvalue weighted by atomic mass is 32.2. The van der Waals surface area contributed by atoms with Crippen molar-refractivity contribution in [2.45, 2.75) is 18.4 Å². The predicted octanol–water partition coefficient (Wildman–Crippen LogP) is 1.53. The molecule has 10 heavy (non-hydrogen) atoms. The van der Waals surface area contributed by atoms with Crippen molar-refractivity contribution in [3.63, 3.8) is 0 Å². The Morgan fingerprint density at radius 1 is 1.50 bits per heavy atom. The molecule has 2 heterocycles. The van der Waals surface area contributed by atoms with Crippen molar-refractivity contribution in [1.82, 2.24) is 9.97 Å². The summed E-state index contributed by atoms with van der Waals surface area (Å²) < 4.78 is 0. The molecular weight excluding hydrogens is 144 g/mol. The van der Waals surface area contributed by atoms with Crippen LogP contribution in [0.5, 0.6) is 0 Å². The Balaban J connectivity index is 2.52. The van der Waals surface area contributed by atoms with Gasteiger partial charge in [0.05, 0.1) is 5.69 Å². The smallest absolute Gasteiger partial charge is 0.125 e. The molecular formula is C7H8N2S. The Kier molecular flexibility index (Phi) is 1.38. The summed E-state index contributed by atoms with van der Waals surface area (Å²) in [7, 11) is 0. The maximum atomic E-state index is 4.32. The second-order valence-corrected chi connectivity index (χ2v) is 3.37. The average molecular weight is 152 g/mol. The summed E-state index contributed by atoms with van der Waals surface area (Å²) in [4.78, 5) is 8.45. The van der Waals surface area contributed by atoms with Crippen LogP contribution in [0.25, 0.3) is 0 Å². The van der Waals surface area contributed by atoms with Gasteiger partial charge in [0.25, 0.3) is 0 Å². The minimum atomic E-state index is 0.890. The summed E-state index contributed by atoms with van der Waals surface area (Å²) in [5.41, 5.74) is 2.55. The van der Waals surface area contributed by atoms with Gasteiger partial charge in [-0.05, 0) is 6.92 Å². The summed E-state index contributed by atoms with van der Waals surface area (Å²) in [6.07, 6.45) is 1.94. The molecule has 1 aliphatic heterocycles. The molecule has 2 nitrogen and oxygen atoms in total. The van der Waals surface area contributed by atoms with Gasteiger partial charge in [-0.25, -0.2) is 9.97 Å². The van der Waals surface area contributed by atoms with E-state index in [-0.39, 0.29) is 0 Å². The van der Waals surface area contributed by atoms with Crippen molar-refractivity contribution in [2.75, 3.05) is 0 Å². The molecule has 2 rings (SSSR count). The molecule has 0 N–H and O–H groups in total. The second-order valence-electron chi connectivity index (χ2n) is 2.38. The van der Waals surface area contributed by atoms with Gasteiger partial charge in [0.1, 0.15) is 5.82 Å². The summed E-state index contributed by atoms with van der Waals surface area (Å²) in [5.74, 6) is 3.05. The third kappa shape index (κ3) is 0.904. The van der Waals surface area contributed by atoms with Crippen molar-refractivity contribution < 1.29 is 0 Å². The number of aryl methyl sites for hydroxylation is 1. The molecule has 0 aliphatic carbocycles. The van der Waals surface area contributed by atoms with Gasteiger partial charge in [-0.2, -0.15) is 11.8 Å². The Morgan fingerprint density at radius 2 is 2.40 bits per heavy atom. The van der Waals surface area contributed by atoms with Crippen molar-refractivity contribution in [3.05, 3.63) is 23.3 Å². The quantitative estimate of drug-likeness (QED) is 0.564. The highest BCUT2D eigenvalue weighted by Gasteiger charge is 2.11. The van der Waals surface area contributed by atoms with Crippen LogP contribution in [0.1, 0.15) is 17.1 Å². The van der Waals surface area contributed by atoms with E-state index in [4.69, 9.17) is 0 Å². The van der Waals surface area contributed by atoms with Crippen molar-refractivity contribution in [2.24, 2.45) is 0 Å². The zero-order valence-corrected chi connectivity index (χ0v) is 6.61. The van der Waals surface area contributed by atoms with Crippen LogP contribution in [0, 0.1) is 6.92 Å². The lowest BCUT2D eigenvalue weighted by molar-refractivity contribution is 0.987. The fraction of sp³-hybridized carbons (Fsp3) is 0.429. The molecule has 0 unspecified atom stereocenters. The summed E-state index contributed by atoms with van der Waals surface area (Å²) >= 11 is 1.91. The van der Waals surface area contributed by atoms with Gasteiger partial charge >= 0.3 is 0 Å². The Bertz CT molecular complexity index is 260. The maximum absolute atomic E-state index is 4.32. The first-order valence-corrected chi connectivity index (χ1v) is 4.41. The zero-order chi connectivity index (χ0) is 6.97. The molecule has 1 aliphatic rings. The first-order chi connectivity index (χ1) is 4.86. The lowest BCUT2D eigenvalue weighted by Crippen LogP contribution is -1.93. The highest BCUT2D eigenvalue weighted by Crippen LogP contribution is 2.26. The topological polar surface area (TPSA) is 25.8 Å². The van der Waals surface area contributed by atoms with Gasteiger partial charge in [-0.1, -0.05) is 0 Å². The fourth-order valence-corrected chi connectivity index (χ4v) is 2.05. The Labute approximate surface area is 64.1 Å². The second kappa shape index (κ2) is 2.23. The molecule has 1 aromatic rings. The molecule has 52 valence electrons. The van der Waals surface area contributed by atoms with E-state index in [2.05, 4.69) is 9.97 Å². The highest BCUT2D eigenvalue weighted by molar-refractivity contribution is 7.98. The van der Waals surface area contributed by atoms with Crippen LogP contribution in [-0.4, -0.2) is 9.97 Å². The van der Waals surface area contributed by atoms with Crippen LogP contribution >= 0.6 is 11.8 Å². The average Bonchev–Trinajstić information content (AvgIpc) is 2.33. The molecule has 0 fully saturated rings. The number of aromatic nitrogens is 2. The molecule has 0 radical (unpaired) electrons. The largest absolute Gasteiger partial charge is 0.241 e. The number of hydrogen-bond donors (Lipinski definition) is 0. The van der Waals surface area contributed by atoms with E-state index >= 15 is 0 Å². The van der Waals surface area contributed by atoms with E-state index < -0.39 is 0 Å². The van der Waals surface area contributed by atoms with E-state index in [9.17, 15) is 0 Å². The van der Waals surface area contributed by atoms with Gasteiger partial charge in [-0.3, -0.25) is 0 Å². The third-order valence-corrected chi connectivity index (χ3v) is 2.56. The van der Waals surface area contributed by atoms with E-state index in [1.807, 2.05) is 24.9 Å².